The highest BCUT2D eigenvalue weighted by Gasteiger charge is 2.24. The summed E-state index contributed by atoms with van der Waals surface area (Å²) in [6.45, 7) is 6.10. The van der Waals surface area contributed by atoms with E-state index < -0.39 is 0 Å². The summed E-state index contributed by atoms with van der Waals surface area (Å²) in [5.41, 5.74) is 15.1. The Labute approximate surface area is 259 Å². The van der Waals surface area contributed by atoms with E-state index in [1.165, 1.54) is 65.7 Å². The lowest BCUT2D eigenvalue weighted by molar-refractivity contribution is 0.960. The Kier molecular flexibility index (Phi) is 7.15. The normalized spacial score (nSPS) is 17.3. The first-order valence-corrected chi connectivity index (χ1v) is 15.6. The lowest BCUT2D eigenvalue weighted by atomic mass is 9.88. The first kappa shape index (κ1) is 27.5. The number of fused-ring (bicyclic) bond motifs is 3. The van der Waals surface area contributed by atoms with Gasteiger partial charge in [0.15, 0.2) is 0 Å². The highest BCUT2D eigenvalue weighted by molar-refractivity contribution is 6.23. The average molecular weight is 572 g/mol. The van der Waals surface area contributed by atoms with Gasteiger partial charge in [0.25, 0.3) is 0 Å². The van der Waals surface area contributed by atoms with Gasteiger partial charge in [-0.3, -0.25) is 0 Å². The summed E-state index contributed by atoms with van der Waals surface area (Å²) in [5, 5.41) is 15.7. The molecule has 2 atom stereocenters. The smallest absolute Gasteiger partial charge is 0.0708 e. The average Bonchev–Trinajstić information content (AvgIpc) is 3.10. The van der Waals surface area contributed by atoms with Crippen molar-refractivity contribution in [2.75, 3.05) is 10.6 Å². The minimum absolute atomic E-state index is 0.0661. The van der Waals surface area contributed by atoms with E-state index in [1.807, 2.05) is 26.0 Å². The van der Waals surface area contributed by atoms with E-state index in [9.17, 15) is 0 Å². The minimum atomic E-state index is 0.0661. The second-order valence-corrected chi connectivity index (χ2v) is 11.3. The summed E-state index contributed by atoms with van der Waals surface area (Å²) in [4.78, 5) is 0. The molecular formula is C41H37N3. The van der Waals surface area contributed by atoms with Gasteiger partial charge in [-0.25, -0.2) is 0 Å². The lowest BCUT2D eigenvalue weighted by Gasteiger charge is -2.31. The van der Waals surface area contributed by atoms with Crippen LogP contribution in [0, 0.1) is 0 Å². The van der Waals surface area contributed by atoms with Gasteiger partial charge in [-0.2, -0.15) is 0 Å². The summed E-state index contributed by atoms with van der Waals surface area (Å²) in [5.74, 6) is 0. The molecule has 0 fully saturated rings. The maximum absolute atomic E-state index is 5.51. The molecule has 0 saturated carbocycles. The molecule has 3 heteroatoms. The molecule has 3 nitrogen and oxygen atoms in total. The maximum Gasteiger partial charge on any atom is 0.0708 e. The molecule has 8 rings (SSSR count). The van der Waals surface area contributed by atoms with Crippen molar-refractivity contribution in [3.8, 4) is 0 Å². The van der Waals surface area contributed by atoms with Crippen LogP contribution in [0.25, 0.3) is 50.0 Å². The SMILES string of the molecule is C/C(=C\C=C/N)c1ccc(C2C=Cc3ccc4c(c3N2)NC(c2ccc3ccc5cccc6ccc2c3c56)C=C4)cc1.CC. The van der Waals surface area contributed by atoms with Gasteiger partial charge < -0.3 is 16.4 Å². The van der Waals surface area contributed by atoms with E-state index >= 15 is 0 Å². The Bertz CT molecular complexity index is 2100. The minimum Gasteiger partial charge on any atom is -0.405 e. The molecule has 0 radical (unpaired) electrons. The van der Waals surface area contributed by atoms with E-state index in [0.717, 1.165) is 11.4 Å². The van der Waals surface area contributed by atoms with Crippen LogP contribution in [0.5, 0.6) is 0 Å². The molecule has 6 aromatic carbocycles. The monoisotopic (exact) mass is 571 g/mol. The molecule has 0 aliphatic carbocycles. The molecule has 0 saturated heterocycles. The first-order valence-electron chi connectivity index (χ1n) is 15.6. The Morgan fingerprint density at radius 1 is 0.659 bits per heavy atom. The molecule has 2 unspecified atom stereocenters. The second kappa shape index (κ2) is 11.4. The van der Waals surface area contributed by atoms with E-state index in [4.69, 9.17) is 5.73 Å². The molecule has 4 N–H and O–H groups in total. The van der Waals surface area contributed by atoms with Crippen molar-refractivity contribution >= 4 is 61.4 Å². The van der Waals surface area contributed by atoms with Gasteiger partial charge >= 0.3 is 0 Å². The third-order valence-electron chi connectivity index (χ3n) is 8.89. The first-order chi connectivity index (χ1) is 21.7. The van der Waals surface area contributed by atoms with Crippen LogP contribution in [0.1, 0.15) is 60.7 Å². The quantitative estimate of drug-likeness (QED) is 0.146. The van der Waals surface area contributed by atoms with E-state index in [0.29, 0.717) is 0 Å². The summed E-state index contributed by atoms with van der Waals surface area (Å²) < 4.78 is 0. The van der Waals surface area contributed by atoms with E-state index in [2.05, 4.69) is 133 Å². The number of nitrogens with one attached hydrogen (secondary N) is 2. The summed E-state index contributed by atoms with van der Waals surface area (Å²) in [7, 11) is 0. The molecule has 0 amide bonds. The lowest BCUT2D eigenvalue weighted by Crippen LogP contribution is -2.18. The Hall–Kier alpha value is -5.28. The largest absolute Gasteiger partial charge is 0.405 e. The van der Waals surface area contributed by atoms with E-state index in [1.54, 1.807) is 6.20 Å². The fourth-order valence-electron chi connectivity index (χ4n) is 6.69. The van der Waals surface area contributed by atoms with Gasteiger partial charge in [-0.05, 0) is 84.9 Å². The van der Waals surface area contributed by atoms with Crippen molar-refractivity contribution in [3.05, 3.63) is 149 Å². The van der Waals surface area contributed by atoms with Crippen molar-refractivity contribution in [2.45, 2.75) is 32.9 Å². The topological polar surface area (TPSA) is 50.1 Å². The van der Waals surface area contributed by atoms with Crippen LogP contribution in [-0.4, -0.2) is 0 Å². The van der Waals surface area contributed by atoms with Crippen LogP contribution in [0.2, 0.25) is 0 Å². The van der Waals surface area contributed by atoms with Crippen LogP contribution in [-0.2, 0) is 0 Å². The number of hydrogen-bond acceptors (Lipinski definition) is 3. The van der Waals surface area contributed by atoms with Gasteiger partial charge in [0, 0.05) is 0 Å². The fourth-order valence-corrected chi connectivity index (χ4v) is 6.69. The van der Waals surface area contributed by atoms with Gasteiger partial charge in [-0.1, -0.05) is 135 Å². The Morgan fingerprint density at radius 3 is 1.93 bits per heavy atom. The van der Waals surface area contributed by atoms with Gasteiger partial charge in [0.05, 0.1) is 23.5 Å². The number of hydrogen-bond donors (Lipinski definition) is 3. The molecule has 0 spiro atoms. The third-order valence-corrected chi connectivity index (χ3v) is 8.89. The number of benzene rings is 6. The molecular weight excluding hydrogens is 534 g/mol. The molecule has 2 heterocycles. The Balaban J connectivity index is 0.00000153. The third kappa shape index (κ3) is 4.62. The predicted molar refractivity (Wildman–Crippen MR) is 192 cm³/mol. The van der Waals surface area contributed by atoms with Crippen molar-refractivity contribution < 1.29 is 0 Å². The van der Waals surface area contributed by atoms with Crippen molar-refractivity contribution in [2.24, 2.45) is 5.73 Å². The van der Waals surface area contributed by atoms with Crippen LogP contribution < -0.4 is 16.4 Å². The van der Waals surface area contributed by atoms with Gasteiger partial charge in [0.1, 0.15) is 0 Å². The second-order valence-electron chi connectivity index (χ2n) is 11.3. The summed E-state index contributed by atoms with van der Waals surface area (Å²) >= 11 is 0. The van der Waals surface area contributed by atoms with Gasteiger partial charge in [-0.15, -0.1) is 0 Å². The number of rotatable bonds is 4. The maximum atomic E-state index is 5.51. The molecule has 216 valence electrons. The van der Waals surface area contributed by atoms with Crippen molar-refractivity contribution in [3.63, 3.8) is 0 Å². The van der Waals surface area contributed by atoms with Crippen molar-refractivity contribution in [1.82, 2.24) is 0 Å². The molecule has 0 aromatic heterocycles. The highest BCUT2D eigenvalue weighted by Crippen LogP contribution is 2.44. The zero-order chi connectivity index (χ0) is 30.2. The molecule has 6 aromatic rings. The molecule has 2 aliphatic heterocycles. The predicted octanol–water partition coefficient (Wildman–Crippen LogP) is 10.8. The fraction of sp³-hybridized carbons (Fsp3) is 0.122. The summed E-state index contributed by atoms with van der Waals surface area (Å²) in [6.07, 6.45) is 14.5. The molecule has 2 aliphatic rings. The number of allylic oxidation sites excluding steroid dienone is 3. The van der Waals surface area contributed by atoms with Gasteiger partial charge in [0.2, 0.25) is 0 Å². The van der Waals surface area contributed by atoms with Crippen LogP contribution in [0.4, 0.5) is 11.4 Å². The van der Waals surface area contributed by atoms with E-state index in [-0.39, 0.29) is 12.1 Å². The number of anilines is 2. The zero-order valence-corrected chi connectivity index (χ0v) is 25.4. The zero-order valence-electron chi connectivity index (χ0n) is 25.4. The summed E-state index contributed by atoms with van der Waals surface area (Å²) in [6, 6.07) is 33.6. The highest BCUT2D eigenvalue weighted by atomic mass is 15.0. The molecule has 0 bridgehead atoms. The Morgan fingerprint density at radius 2 is 1.25 bits per heavy atom. The van der Waals surface area contributed by atoms with Crippen LogP contribution in [0.15, 0.2) is 121 Å². The van der Waals surface area contributed by atoms with Crippen molar-refractivity contribution in [1.29, 1.82) is 0 Å². The standard InChI is InChI=1S/C39H31N3.C2H6/c1-24(4-3-23-40)25-7-9-26(10-8-25)34-21-17-30-13-14-31-18-22-35(42-39(31)38(30)41-34)32-19-15-29-12-11-27-5-2-6-28-16-20-33(32)37(29)36(27)28;1-2/h2-23,34-35,41-42H,40H2,1H3;1-2H3/b23-3-,24-4+;. The van der Waals surface area contributed by atoms with Crippen LogP contribution >= 0.6 is 0 Å². The van der Waals surface area contributed by atoms with Crippen LogP contribution in [0.3, 0.4) is 0 Å². The number of nitrogens with two attached hydrogens (primary N) is 1. The molecule has 44 heavy (non-hydrogen) atoms.